The van der Waals surface area contributed by atoms with Crippen molar-refractivity contribution in [3.8, 4) is 0 Å². The zero-order valence-electron chi connectivity index (χ0n) is 20.9. The minimum absolute atomic E-state index is 0.250. The van der Waals surface area contributed by atoms with Gasteiger partial charge in [-0.05, 0) is 24.4 Å². The summed E-state index contributed by atoms with van der Waals surface area (Å²) in [6.45, 7) is 3.49. The van der Waals surface area contributed by atoms with E-state index in [1.54, 1.807) is 12.1 Å². The van der Waals surface area contributed by atoms with Crippen LogP contribution in [0.2, 0.25) is 0 Å². The predicted octanol–water partition coefficient (Wildman–Crippen LogP) is 6.26. The maximum absolute atomic E-state index is 12.2. The van der Waals surface area contributed by atoms with Crippen molar-refractivity contribution in [2.45, 2.75) is 122 Å². The first kappa shape index (κ1) is 29.8. The monoisotopic (exact) mass is 480 g/mol. The van der Waals surface area contributed by atoms with Crippen LogP contribution in [0.15, 0.2) is 17.5 Å². The molecule has 0 radical (unpaired) electrons. The number of carbonyl (C=O) groups is 2. The Hall–Kier alpha value is -1.24. The van der Waals surface area contributed by atoms with Crippen LogP contribution in [-0.4, -0.2) is 42.5 Å². The average molecular weight is 481 g/mol. The molecule has 0 unspecified atom stereocenters. The second-order valence-electron chi connectivity index (χ2n) is 9.19. The molecule has 0 spiro atoms. The highest BCUT2D eigenvalue weighted by Crippen LogP contribution is 2.13. The highest BCUT2D eigenvalue weighted by molar-refractivity contribution is 7.12. The Morgan fingerprint density at radius 3 is 1.88 bits per heavy atom. The first-order valence-corrected chi connectivity index (χ1v) is 14.3. The normalized spacial score (nSPS) is 13.0. The summed E-state index contributed by atoms with van der Waals surface area (Å²) in [7, 11) is 0. The number of carbonyl (C=O) groups excluding carboxylic acids is 2. The number of unbranched alkanes of at least 4 members (excludes halogenated alkanes) is 15. The third-order valence-corrected chi connectivity index (χ3v) is 7.05. The highest BCUT2D eigenvalue weighted by Gasteiger charge is 2.21. The fourth-order valence-electron chi connectivity index (χ4n) is 4.05. The van der Waals surface area contributed by atoms with Crippen molar-refractivity contribution >= 4 is 23.5 Å². The first-order chi connectivity index (χ1) is 16.2. The lowest BCUT2D eigenvalue weighted by Crippen LogP contribution is -2.50. The Morgan fingerprint density at radius 2 is 1.42 bits per heavy atom. The van der Waals surface area contributed by atoms with E-state index >= 15 is 0 Å². The second-order valence-corrected chi connectivity index (χ2v) is 10.1. The highest BCUT2D eigenvalue weighted by atomic mass is 32.1. The van der Waals surface area contributed by atoms with Crippen molar-refractivity contribution in [1.82, 2.24) is 10.6 Å². The molecule has 1 aromatic heterocycles. The number of nitrogens with one attached hydrogen (secondary N) is 2. The number of hydrogen-bond donors (Lipinski definition) is 3. The summed E-state index contributed by atoms with van der Waals surface area (Å²) in [5.41, 5.74) is 0. The fourth-order valence-corrected chi connectivity index (χ4v) is 4.68. The molecule has 6 heteroatoms. The molecule has 1 heterocycles. The van der Waals surface area contributed by atoms with E-state index in [1.807, 2.05) is 5.38 Å². The van der Waals surface area contributed by atoms with Crippen LogP contribution in [0.5, 0.6) is 0 Å². The van der Waals surface area contributed by atoms with Crippen molar-refractivity contribution in [2.24, 2.45) is 0 Å². The summed E-state index contributed by atoms with van der Waals surface area (Å²) < 4.78 is 0. The molecule has 190 valence electrons. The maximum atomic E-state index is 12.2. The summed E-state index contributed by atoms with van der Waals surface area (Å²) in [5.74, 6) is -0.250. The van der Waals surface area contributed by atoms with Gasteiger partial charge in [-0.3, -0.25) is 4.79 Å². The molecule has 2 atom stereocenters. The summed E-state index contributed by atoms with van der Waals surface area (Å²) in [6, 6.07) is 2.92. The van der Waals surface area contributed by atoms with Crippen molar-refractivity contribution in [1.29, 1.82) is 0 Å². The van der Waals surface area contributed by atoms with E-state index in [-0.39, 0.29) is 5.91 Å². The van der Waals surface area contributed by atoms with Crippen LogP contribution in [0, 0.1) is 0 Å². The fraction of sp³-hybridized carbons (Fsp3) is 0.778. The molecule has 0 bridgehead atoms. The molecule has 5 nitrogen and oxygen atoms in total. The summed E-state index contributed by atoms with van der Waals surface area (Å²) >= 11 is 1.34. The Morgan fingerprint density at radius 1 is 0.909 bits per heavy atom. The smallest absolute Gasteiger partial charge is 0.261 e. The largest absolute Gasteiger partial charge is 0.383 e. The number of thiophene rings is 1. The molecule has 3 N–H and O–H groups in total. The van der Waals surface area contributed by atoms with Crippen LogP contribution in [0.1, 0.15) is 119 Å². The molecule has 0 aliphatic heterocycles. The van der Waals surface area contributed by atoms with Crippen molar-refractivity contribution < 1.29 is 14.7 Å². The van der Waals surface area contributed by atoms with Crippen molar-refractivity contribution in [3.63, 3.8) is 0 Å². The molecule has 1 rings (SSSR count). The minimum Gasteiger partial charge on any atom is -0.383 e. The van der Waals surface area contributed by atoms with Gasteiger partial charge >= 0.3 is 0 Å². The van der Waals surface area contributed by atoms with E-state index in [2.05, 4.69) is 17.6 Å². The summed E-state index contributed by atoms with van der Waals surface area (Å²) in [5, 5.41) is 17.7. The van der Waals surface area contributed by atoms with E-state index in [9.17, 15) is 14.7 Å². The number of aldehydes is 1. The molecule has 0 saturated carbocycles. The molecule has 33 heavy (non-hydrogen) atoms. The number of aliphatic hydroxyl groups is 1. The molecule has 1 amide bonds. The van der Waals surface area contributed by atoms with Gasteiger partial charge in [0.1, 0.15) is 6.10 Å². The lowest BCUT2D eigenvalue weighted by atomic mass is 10.0. The van der Waals surface area contributed by atoms with E-state index in [1.165, 1.54) is 108 Å². The number of aliphatic hydroxyl groups excluding tert-OH is 1. The Kier molecular flexibility index (Phi) is 19.2. The van der Waals surface area contributed by atoms with Gasteiger partial charge < -0.3 is 20.5 Å². The van der Waals surface area contributed by atoms with Gasteiger partial charge in [0.05, 0.1) is 10.9 Å². The second kappa shape index (κ2) is 21.3. The van der Waals surface area contributed by atoms with Gasteiger partial charge in [0.25, 0.3) is 5.91 Å². The number of amides is 1. The lowest BCUT2D eigenvalue weighted by molar-refractivity contribution is -0.115. The van der Waals surface area contributed by atoms with E-state index in [4.69, 9.17) is 0 Å². The predicted molar refractivity (Wildman–Crippen MR) is 140 cm³/mol. The van der Waals surface area contributed by atoms with Crippen molar-refractivity contribution in [2.75, 3.05) is 13.1 Å². The van der Waals surface area contributed by atoms with Gasteiger partial charge in [-0.2, -0.15) is 0 Å². The molecule has 0 saturated heterocycles. The van der Waals surface area contributed by atoms with Gasteiger partial charge in [0.15, 0.2) is 6.29 Å². The molecule has 0 aliphatic carbocycles. The summed E-state index contributed by atoms with van der Waals surface area (Å²) in [4.78, 5) is 23.7. The van der Waals surface area contributed by atoms with Gasteiger partial charge in [-0.15, -0.1) is 11.3 Å². The third-order valence-electron chi connectivity index (χ3n) is 6.18. The van der Waals surface area contributed by atoms with Crippen molar-refractivity contribution in [3.05, 3.63) is 22.4 Å². The molecule has 1 aromatic rings. The molecule has 0 fully saturated rings. The molecular formula is C27H48N2O3S. The van der Waals surface area contributed by atoms with Gasteiger partial charge in [0.2, 0.25) is 0 Å². The Bertz CT molecular complexity index is 580. The zero-order chi connectivity index (χ0) is 24.0. The molecule has 0 aromatic carbocycles. The SMILES string of the molecule is CCCCCCCCCCCCCCCCCCNC[C@H](NC(=O)c1cccs1)[C@@H](O)C=O. The number of rotatable bonds is 23. The standard InChI is InChI=1S/C27H48N2O3S/c1-2-3-4-5-6-7-8-9-10-11-12-13-14-15-16-17-20-28-22-24(25(31)23-30)29-27(32)26-19-18-21-33-26/h18-19,21,23-25,28,31H,2-17,20,22H2,1H3,(H,29,32)/t24-,25-/m0/s1. The van der Waals surface area contributed by atoms with Gasteiger partial charge in [-0.1, -0.05) is 109 Å². The average Bonchev–Trinajstić information content (AvgIpc) is 3.37. The summed E-state index contributed by atoms with van der Waals surface area (Å²) in [6.07, 6.45) is 20.9. The minimum atomic E-state index is -1.20. The van der Waals surface area contributed by atoms with Crippen LogP contribution in [0.25, 0.3) is 0 Å². The topological polar surface area (TPSA) is 78.4 Å². The Labute approximate surface area is 206 Å². The maximum Gasteiger partial charge on any atom is 0.261 e. The van der Waals surface area contributed by atoms with Crippen LogP contribution >= 0.6 is 11.3 Å². The van der Waals surface area contributed by atoms with Crippen LogP contribution in [0.3, 0.4) is 0 Å². The quantitative estimate of drug-likeness (QED) is 0.128. The van der Waals surface area contributed by atoms with Crippen LogP contribution < -0.4 is 10.6 Å². The Balaban J connectivity index is 1.92. The van der Waals surface area contributed by atoms with E-state index < -0.39 is 12.1 Å². The van der Waals surface area contributed by atoms with Gasteiger partial charge in [-0.25, -0.2) is 0 Å². The zero-order valence-corrected chi connectivity index (χ0v) is 21.7. The van der Waals surface area contributed by atoms with Gasteiger partial charge in [0, 0.05) is 6.54 Å². The first-order valence-electron chi connectivity index (χ1n) is 13.4. The molecule has 0 aliphatic rings. The van der Waals surface area contributed by atoms with Crippen LogP contribution in [0.4, 0.5) is 0 Å². The van der Waals surface area contributed by atoms with E-state index in [0.717, 1.165) is 13.0 Å². The van der Waals surface area contributed by atoms with Crippen LogP contribution in [-0.2, 0) is 4.79 Å². The third kappa shape index (κ3) is 16.1. The number of hydrogen-bond acceptors (Lipinski definition) is 5. The lowest BCUT2D eigenvalue weighted by Gasteiger charge is -2.21. The molecular weight excluding hydrogens is 432 g/mol. The van der Waals surface area contributed by atoms with E-state index in [0.29, 0.717) is 17.7 Å².